The molecule has 3 aromatic carbocycles. The summed E-state index contributed by atoms with van der Waals surface area (Å²) >= 11 is 0. The predicted octanol–water partition coefficient (Wildman–Crippen LogP) is 6.26. The molecule has 0 atom stereocenters. The van der Waals surface area contributed by atoms with Crippen molar-refractivity contribution in [3.05, 3.63) is 83.9 Å². The Balaban J connectivity index is 1.36. The second kappa shape index (κ2) is 8.66. The van der Waals surface area contributed by atoms with E-state index in [-0.39, 0.29) is 0 Å². The van der Waals surface area contributed by atoms with Crippen molar-refractivity contribution in [1.29, 1.82) is 0 Å². The van der Waals surface area contributed by atoms with Crippen molar-refractivity contribution in [3.63, 3.8) is 0 Å². The fraction of sp³-hybridized carbons (Fsp3) is 0.200. The maximum atomic E-state index is 5.87. The molecule has 3 aromatic rings. The zero-order chi connectivity index (χ0) is 19.2. The lowest BCUT2D eigenvalue weighted by Gasteiger charge is -2.17. The summed E-state index contributed by atoms with van der Waals surface area (Å²) in [5.41, 5.74) is 3.68. The maximum absolute atomic E-state index is 5.87. The molecule has 3 heteroatoms. The van der Waals surface area contributed by atoms with Crippen LogP contribution in [-0.4, -0.2) is 20.2 Å². The Morgan fingerprint density at radius 3 is 1.64 bits per heavy atom. The minimum absolute atomic E-state index is 0.794. The highest BCUT2D eigenvalue weighted by Crippen LogP contribution is 2.25. The smallest absolute Gasteiger partial charge is 0.127 e. The van der Waals surface area contributed by atoms with Gasteiger partial charge in [-0.15, -0.1) is 0 Å². The minimum atomic E-state index is 0.794. The second-order valence-electron chi connectivity index (χ2n) is 6.97. The summed E-state index contributed by atoms with van der Waals surface area (Å²) in [4.78, 5) is 2.45. The van der Waals surface area contributed by atoms with E-state index in [2.05, 4.69) is 53.5 Å². The van der Waals surface area contributed by atoms with Gasteiger partial charge in [0.1, 0.15) is 17.2 Å². The largest absolute Gasteiger partial charge is 0.497 e. The Labute approximate surface area is 166 Å². The minimum Gasteiger partial charge on any atom is -0.497 e. The van der Waals surface area contributed by atoms with Crippen LogP contribution in [0.15, 0.2) is 72.8 Å². The summed E-state index contributed by atoms with van der Waals surface area (Å²) in [6, 6.07) is 24.5. The molecule has 0 amide bonds. The molecule has 1 aliphatic heterocycles. The number of methoxy groups -OCH3 is 1. The van der Waals surface area contributed by atoms with Crippen molar-refractivity contribution in [2.45, 2.75) is 12.8 Å². The predicted molar refractivity (Wildman–Crippen MR) is 116 cm³/mol. The lowest BCUT2D eigenvalue weighted by Crippen LogP contribution is -2.17. The van der Waals surface area contributed by atoms with Crippen LogP contribution < -0.4 is 14.4 Å². The summed E-state index contributed by atoms with van der Waals surface area (Å²) in [6.07, 6.45) is 6.88. The van der Waals surface area contributed by atoms with Gasteiger partial charge in [0, 0.05) is 18.8 Å². The average molecular weight is 371 g/mol. The first kappa shape index (κ1) is 18.2. The Bertz CT molecular complexity index is 906. The lowest BCUT2D eigenvalue weighted by atomic mass is 10.1. The molecule has 0 N–H and O–H groups in total. The first-order chi connectivity index (χ1) is 13.8. The van der Waals surface area contributed by atoms with Crippen LogP contribution in [0, 0.1) is 0 Å². The van der Waals surface area contributed by atoms with Gasteiger partial charge in [-0.3, -0.25) is 0 Å². The molecule has 0 saturated carbocycles. The second-order valence-corrected chi connectivity index (χ2v) is 6.97. The highest BCUT2D eigenvalue weighted by molar-refractivity contribution is 5.70. The zero-order valence-electron chi connectivity index (χ0n) is 16.2. The molecular formula is C25H25NO2. The number of nitrogens with zero attached hydrogens (tertiary/aromatic N) is 1. The SMILES string of the molecule is COc1ccc(Oc2ccc(C=Cc3ccc(N4CCCC4)cc3)cc2)cc1. The molecule has 0 aromatic heterocycles. The topological polar surface area (TPSA) is 21.7 Å². The molecule has 0 aliphatic carbocycles. The van der Waals surface area contributed by atoms with Gasteiger partial charge in [0.2, 0.25) is 0 Å². The van der Waals surface area contributed by atoms with Gasteiger partial charge in [-0.1, -0.05) is 36.4 Å². The van der Waals surface area contributed by atoms with E-state index < -0.39 is 0 Å². The molecule has 4 rings (SSSR count). The normalized spacial score (nSPS) is 13.8. The Kier molecular flexibility index (Phi) is 5.62. The third kappa shape index (κ3) is 4.55. The quantitative estimate of drug-likeness (QED) is 0.478. The van der Waals surface area contributed by atoms with Gasteiger partial charge in [-0.05, 0) is 72.5 Å². The zero-order valence-corrected chi connectivity index (χ0v) is 16.2. The summed E-state index contributed by atoms with van der Waals surface area (Å²) < 4.78 is 11.0. The van der Waals surface area contributed by atoms with Crippen LogP contribution in [0.3, 0.4) is 0 Å². The van der Waals surface area contributed by atoms with Crippen molar-refractivity contribution in [2.75, 3.05) is 25.1 Å². The molecule has 142 valence electrons. The number of hydrogen-bond donors (Lipinski definition) is 0. The van der Waals surface area contributed by atoms with E-state index in [0.29, 0.717) is 0 Å². The number of anilines is 1. The first-order valence-electron chi connectivity index (χ1n) is 9.75. The summed E-state index contributed by atoms with van der Waals surface area (Å²) in [7, 11) is 1.66. The molecule has 3 nitrogen and oxygen atoms in total. The third-order valence-electron chi connectivity index (χ3n) is 5.01. The van der Waals surface area contributed by atoms with Crippen LogP contribution in [0.2, 0.25) is 0 Å². The lowest BCUT2D eigenvalue weighted by molar-refractivity contribution is 0.413. The Hall–Kier alpha value is -3.20. The van der Waals surface area contributed by atoms with Crippen LogP contribution in [0.1, 0.15) is 24.0 Å². The summed E-state index contributed by atoms with van der Waals surface area (Å²) in [5, 5.41) is 0. The monoisotopic (exact) mass is 371 g/mol. The molecule has 0 radical (unpaired) electrons. The van der Waals surface area contributed by atoms with E-state index in [9.17, 15) is 0 Å². The Morgan fingerprint density at radius 1 is 0.643 bits per heavy atom. The molecule has 0 spiro atoms. The van der Waals surface area contributed by atoms with Crippen molar-refractivity contribution >= 4 is 17.8 Å². The van der Waals surface area contributed by atoms with Gasteiger partial charge in [-0.2, -0.15) is 0 Å². The van der Waals surface area contributed by atoms with E-state index in [0.717, 1.165) is 22.8 Å². The van der Waals surface area contributed by atoms with Gasteiger partial charge in [-0.25, -0.2) is 0 Å². The van der Waals surface area contributed by atoms with E-state index in [4.69, 9.17) is 9.47 Å². The summed E-state index contributed by atoms with van der Waals surface area (Å²) in [6.45, 7) is 2.36. The molecule has 0 bridgehead atoms. The van der Waals surface area contributed by atoms with Crippen molar-refractivity contribution in [2.24, 2.45) is 0 Å². The molecular weight excluding hydrogens is 346 g/mol. The van der Waals surface area contributed by atoms with Gasteiger partial charge >= 0.3 is 0 Å². The fourth-order valence-corrected chi connectivity index (χ4v) is 3.39. The van der Waals surface area contributed by atoms with Crippen molar-refractivity contribution in [3.8, 4) is 17.2 Å². The van der Waals surface area contributed by atoms with Crippen molar-refractivity contribution in [1.82, 2.24) is 0 Å². The van der Waals surface area contributed by atoms with Crippen LogP contribution in [0.25, 0.3) is 12.2 Å². The summed E-state index contributed by atoms with van der Waals surface area (Å²) in [5.74, 6) is 2.43. The molecule has 28 heavy (non-hydrogen) atoms. The Morgan fingerprint density at radius 2 is 1.11 bits per heavy atom. The fourth-order valence-electron chi connectivity index (χ4n) is 3.39. The van der Waals surface area contributed by atoms with E-state index in [1.165, 1.54) is 37.2 Å². The van der Waals surface area contributed by atoms with Crippen LogP contribution in [0.5, 0.6) is 17.2 Å². The molecule has 0 unspecified atom stereocenters. The van der Waals surface area contributed by atoms with Gasteiger partial charge in [0.15, 0.2) is 0 Å². The van der Waals surface area contributed by atoms with Gasteiger partial charge < -0.3 is 14.4 Å². The van der Waals surface area contributed by atoms with Crippen LogP contribution in [-0.2, 0) is 0 Å². The molecule has 1 aliphatic rings. The van der Waals surface area contributed by atoms with Crippen molar-refractivity contribution < 1.29 is 9.47 Å². The average Bonchev–Trinajstić information content (AvgIpc) is 3.29. The van der Waals surface area contributed by atoms with Crippen LogP contribution >= 0.6 is 0 Å². The van der Waals surface area contributed by atoms with E-state index in [1.807, 2.05) is 36.4 Å². The van der Waals surface area contributed by atoms with Gasteiger partial charge in [0.05, 0.1) is 7.11 Å². The van der Waals surface area contributed by atoms with E-state index in [1.54, 1.807) is 7.11 Å². The number of ether oxygens (including phenoxy) is 2. The van der Waals surface area contributed by atoms with Gasteiger partial charge in [0.25, 0.3) is 0 Å². The standard InChI is InChI=1S/C25H25NO2/c1-27-23-14-16-25(17-15-23)28-24-12-8-21(9-13-24)5-4-20-6-10-22(11-7-20)26-18-2-3-19-26/h4-17H,2-3,18-19H2,1H3. The first-order valence-corrected chi connectivity index (χ1v) is 9.75. The third-order valence-corrected chi connectivity index (χ3v) is 5.01. The number of hydrogen-bond acceptors (Lipinski definition) is 3. The highest BCUT2D eigenvalue weighted by atomic mass is 16.5. The highest BCUT2D eigenvalue weighted by Gasteiger charge is 2.11. The molecule has 1 fully saturated rings. The molecule has 1 heterocycles. The number of benzene rings is 3. The molecule has 1 saturated heterocycles. The maximum Gasteiger partial charge on any atom is 0.127 e. The number of rotatable bonds is 6. The van der Waals surface area contributed by atoms with E-state index >= 15 is 0 Å². The van der Waals surface area contributed by atoms with Crippen LogP contribution in [0.4, 0.5) is 5.69 Å².